The zero-order valence-electron chi connectivity index (χ0n) is 11.7. The Morgan fingerprint density at radius 3 is 2.60 bits per heavy atom. The first kappa shape index (κ1) is 16.6. The monoisotopic (exact) mass is 343 g/mol. The summed E-state index contributed by atoms with van der Waals surface area (Å²) in [4.78, 5) is 22.1. The Morgan fingerprint density at radius 1 is 1.40 bits per heavy atom. The number of hydrogen-bond donors (Lipinski definition) is 2. The summed E-state index contributed by atoms with van der Waals surface area (Å²) in [6, 6.07) is 4.73. The van der Waals surface area contributed by atoms with Crippen LogP contribution in [0.5, 0.6) is 0 Å². The fourth-order valence-electron chi connectivity index (χ4n) is 1.65. The molecule has 0 atom stereocenters. The van der Waals surface area contributed by atoms with Gasteiger partial charge in [0.15, 0.2) is 0 Å². The van der Waals surface area contributed by atoms with Crippen molar-refractivity contribution >= 4 is 27.5 Å². The molecule has 110 valence electrons. The largest absolute Gasteiger partial charge is 0.350 e. The predicted octanol–water partition coefficient (Wildman–Crippen LogP) is 2.36. The number of nitrogens with one attached hydrogen (secondary N) is 2. The van der Waals surface area contributed by atoms with Crippen molar-refractivity contribution in [2.45, 2.75) is 32.9 Å². The molecule has 0 heterocycles. The second kappa shape index (κ2) is 6.81. The number of benzene rings is 1. The van der Waals surface area contributed by atoms with Gasteiger partial charge in [-0.15, -0.1) is 0 Å². The molecule has 0 aliphatic heterocycles. The highest BCUT2D eigenvalue weighted by molar-refractivity contribution is 9.10. The fraction of sp³-hybridized carbons (Fsp3) is 0.462. The lowest BCUT2D eigenvalue weighted by molar-refractivity contribution is -0.385. The topological polar surface area (TPSA) is 84.3 Å². The molecule has 6 nitrogen and oxygen atoms in total. The Kier molecular flexibility index (Phi) is 5.64. The van der Waals surface area contributed by atoms with Gasteiger partial charge >= 0.3 is 0 Å². The molecule has 0 spiro atoms. The summed E-state index contributed by atoms with van der Waals surface area (Å²) in [5.41, 5.74) is 0.283. The third kappa shape index (κ3) is 5.66. The van der Waals surface area contributed by atoms with Gasteiger partial charge in [-0.3, -0.25) is 14.9 Å². The highest BCUT2D eigenvalue weighted by Crippen LogP contribution is 2.22. The number of nitrogens with zero attached hydrogens (tertiary/aromatic N) is 1. The molecule has 1 rings (SSSR count). The Bertz CT molecular complexity index is 512. The van der Waals surface area contributed by atoms with Crippen LogP contribution in [0, 0.1) is 10.1 Å². The molecule has 0 unspecified atom stereocenters. The zero-order chi connectivity index (χ0) is 15.3. The van der Waals surface area contributed by atoms with E-state index >= 15 is 0 Å². The average molecular weight is 344 g/mol. The van der Waals surface area contributed by atoms with Gasteiger partial charge in [-0.25, -0.2) is 0 Å². The first-order valence-electron chi connectivity index (χ1n) is 6.13. The van der Waals surface area contributed by atoms with E-state index in [0.717, 1.165) is 4.47 Å². The van der Waals surface area contributed by atoms with Crippen LogP contribution in [0.3, 0.4) is 0 Å². The van der Waals surface area contributed by atoms with Crippen molar-refractivity contribution in [1.82, 2.24) is 10.6 Å². The Morgan fingerprint density at radius 2 is 2.05 bits per heavy atom. The molecule has 0 bridgehead atoms. The summed E-state index contributed by atoms with van der Waals surface area (Å²) < 4.78 is 0.763. The molecule has 0 radical (unpaired) electrons. The lowest BCUT2D eigenvalue weighted by atomic mass is 10.1. The molecule has 0 fully saturated rings. The minimum atomic E-state index is -0.432. The third-order valence-corrected chi connectivity index (χ3v) is 2.85. The van der Waals surface area contributed by atoms with Crippen LogP contribution < -0.4 is 10.6 Å². The van der Waals surface area contributed by atoms with E-state index in [0.29, 0.717) is 5.56 Å². The number of nitro groups is 1. The molecule has 1 aromatic rings. The second-order valence-corrected chi connectivity index (χ2v) is 6.35. The van der Waals surface area contributed by atoms with E-state index in [2.05, 4.69) is 26.6 Å². The normalized spacial score (nSPS) is 11.2. The summed E-state index contributed by atoms with van der Waals surface area (Å²) in [6.45, 7) is 6.05. The molecule has 2 N–H and O–H groups in total. The molecule has 1 amide bonds. The minimum Gasteiger partial charge on any atom is -0.350 e. The van der Waals surface area contributed by atoms with Gasteiger partial charge in [0.1, 0.15) is 0 Å². The smallest absolute Gasteiger partial charge is 0.273 e. The first-order chi connectivity index (χ1) is 9.19. The van der Waals surface area contributed by atoms with Crippen LogP contribution in [0.15, 0.2) is 22.7 Å². The standard InChI is InChI=1S/C13H18BrN3O3/c1-13(2,3)16-12(18)8-15-7-9-6-10(14)4-5-11(9)17(19)20/h4-6,15H,7-8H2,1-3H3,(H,16,18). The van der Waals surface area contributed by atoms with Gasteiger partial charge in [0.2, 0.25) is 5.91 Å². The highest BCUT2D eigenvalue weighted by atomic mass is 79.9. The van der Waals surface area contributed by atoms with Crippen molar-refractivity contribution in [2.24, 2.45) is 0 Å². The Balaban J connectivity index is 2.60. The molecule has 1 aromatic carbocycles. The lowest BCUT2D eigenvalue weighted by Gasteiger charge is -2.20. The SMILES string of the molecule is CC(C)(C)NC(=O)CNCc1cc(Br)ccc1[N+](=O)[O-]. The van der Waals surface area contributed by atoms with Gasteiger partial charge in [0.05, 0.1) is 11.5 Å². The van der Waals surface area contributed by atoms with Crippen molar-refractivity contribution in [3.05, 3.63) is 38.3 Å². The third-order valence-electron chi connectivity index (χ3n) is 2.35. The summed E-state index contributed by atoms with van der Waals surface area (Å²) in [6.07, 6.45) is 0. The zero-order valence-corrected chi connectivity index (χ0v) is 13.3. The summed E-state index contributed by atoms with van der Waals surface area (Å²) >= 11 is 3.28. The van der Waals surface area contributed by atoms with Gasteiger partial charge in [-0.05, 0) is 32.9 Å². The molecule has 0 aliphatic rings. The second-order valence-electron chi connectivity index (χ2n) is 5.43. The lowest BCUT2D eigenvalue weighted by Crippen LogP contribution is -2.44. The van der Waals surface area contributed by atoms with Crippen LogP contribution in [0.4, 0.5) is 5.69 Å². The van der Waals surface area contributed by atoms with Gasteiger partial charge in [-0.2, -0.15) is 0 Å². The molecule has 0 aliphatic carbocycles. The van der Waals surface area contributed by atoms with E-state index in [9.17, 15) is 14.9 Å². The highest BCUT2D eigenvalue weighted by Gasteiger charge is 2.15. The Hall–Kier alpha value is -1.47. The van der Waals surface area contributed by atoms with Gasteiger partial charge in [0, 0.05) is 28.2 Å². The van der Waals surface area contributed by atoms with E-state index in [-0.39, 0.29) is 30.2 Å². The van der Waals surface area contributed by atoms with Crippen molar-refractivity contribution in [3.63, 3.8) is 0 Å². The van der Waals surface area contributed by atoms with Gasteiger partial charge in [-0.1, -0.05) is 15.9 Å². The van der Waals surface area contributed by atoms with Gasteiger partial charge in [0.25, 0.3) is 5.69 Å². The van der Waals surface area contributed by atoms with E-state index in [1.807, 2.05) is 20.8 Å². The van der Waals surface area contributed by atoms with Gasteiger partial charge < -0.3 is 10.6 Å². The number of carbonyl (C=O) groups is 1. The molecule has 0 saturated carbocycles. The molecule has 0 saturated heterocycles. The van der Waals surface area contributed by atoms with Crippen molar-refractivity contribution in [3.8, 4) is 0 Å². The minimum absolute atomic E-state index is 0.0388. The quantitative estimate of drug-likeness (QED) is 0.634. The molecule has 0 aromatic heterocycles. The number of rotatable bonds is 5. The maximum absolute atomic E-state index is 11.6. The number of amides is 1. The number of carbonyl (C=O) groups excluding carboxylic acids is 1. The summed E-state index contributed by atoms with van der Waals surface area (Å²) in [5, 5.41) is 16.6. The summed E-state index contributed by atoms with van der Waals surface area (Å²) in [7, 11) is 0. The number of nitro benzene ring substituents is 1. The maximum Gasteiger partial charge on any atom is 0.273 e. The van der Waals surface area contributed by atoms with Crippen molar-refractivity contribution in [1.29, 1.82) is 0 Å². The first-order valence-corrected chi connectivity index (χ1v) is 6.93. The molecule has 7 heteroatoms. The average Bonchev–Trinajstić information content (AvgIpc) is 2.26. The van der Waals surface area contributed by atoms with Crippen LogP contribution in [0.1, 0.15) is 26.3 Å². The van der Waals surface area contributed by atoms with Crippen LogP contribution in [-0.4, -0.2) is 22.9 Å². The van der Waals surface area contributed by atoms with Crippen molar-refractivity contribution in [2.75, 3.05) is 6.54 Å². The molecule has 20 heavy (non-hydrogen) atoms. The van der Waals surface area contributed by atoms with Crippen LogP contribution in [0.25, 0.3) is 0 Å². The summed E-state index contributed by atoms with van der Waals surface area (Å²) in [5.74, 6) is -0.143. The van der Waals surface area contributed by atoms with Crippen molar-refractivity contribution < 1.29 is 9.72 Å². The predicted molar refractivity (Wildman–Crippen MR) is 80.4 cm³/mol. The van der Waals surface area contributed by atoms with Crippen LogP contribution in [0.2, 0.25) is 0 Å². The molecular weight excluding hydrogens is 326 g/mol. The van der Waals surface area contributed by atoms with Crippen LogP contribution in [-0.2, 0) is 11.3 Å². The molecular formula is C13H18BrN3O3. The fourth-order valence-corrected chi connectivity index (χ4v) is 2.06. The number of halogens is 1. The van der Waals surface area contributed by atoms with Crippen LogP contribution >= 0.6 is 15.9 Å². The van der Waals surface area contributed by atoms with E-state index < -0.39 is 4.92 Å². The maximum atomic E-state index is 11.6. The van der Waals surface area contributed by atoms with E-state index in [1.54, 1.807) is 12.1 Å². The number of hydrogen-bond acceptors (Lipinski definition) is 4. The Labute approximate surface area is 126 Å². The van der Waals surface area contributed by atoms with E-state index in [1.165, 1.54) is 6.07 Å². The van der Waals surface area contributed by atoms with E-state index in [4.69, 9.17) is 0 Å².